The molecule has 4 nitrogen and oxygen atoms in total. The molecule has 0 amide bonds. The molecule has 92 valence electrons. The summed E-state index contributed by atoms with van der Waals surface area (Å²) in [7, 11) is 0. The van der Waals surface area contributed by atoms with Crippen LogP contribution in [0, 0.1) is 0 Å². The van der Waals surface area contributed by atoms with Crippen LogP contribution in [0.2, 0.25) is 5.02 Å². The molecule has 0 saturated carbocycles. The maximum atomic E-state index is 11.0. The summed E-state index contributed by atoms with van der Waals surface area (Å²) >= 11 is 6.03. The average Bonchev–Trinajstić information content (AvgIpc) is 2.63. The molecule has 0 aliphatic carbocycles. The molecule has 0 radical (unpaired) electrons. The lowest BCUT2D eigenvalue weighted by atomic mass is 10.2. The number of hydrogen-bond donors (Lipinski definition) is 2. The van der Waals surface area contributed by atoms with E-state index in [4.69, 9.17) is 16.7 Å². The number of rotatable bonds is 3. The zero-order valence-corrected chi connectivity index (χ0v) is 9.97. The molecular weight excluding hydrogens is 242 g/mol. The predicted molar refractivity (Wildman–Crippen MR) is 63.9 cm³/mol. The number of nitrogens with zero attached hydrogens (tertiary/aromatic N) is 1. The number of carboxylic acids is 1. The van der Waals surface area contributed by atoms with Gasteiger partial charge in [0.1, 0.15) is 6.04 Å². The molecule has 1 aromatic carbocycles. The highest BCUT2D eigenvalue weighted by Gasteiger charge is 2.35. The highest BCUT2D eigenvalue weighted by atomic mass is 35.5. The van der Waals surface area contributed by atoms with Crippen LogP contribution < -0.4 is 0 Å². The first-order valence-electron chi connectivity index (χ1n) is 5.46. The van der Waals surface area contributed by atoms with Gasteiger partial charge in [0, 0.05) is 24.5 Å². The number of halogens is 1. The van der Waals surface area contributed by atoms with E-state index in [-0.39, 0.29) is 6.42 Å². The van der Waals surface area contributed by atoms with Crippen molar-refractivity contribution in [2.24, 2.45) is 0 Å². The second-order valence-corrected chi connectivity index (χ2v) is 4.67. The van der Waals surface area contributed by atoms with Crippen molar-refractivity contribution >= 4 is 17.6 Å². The molecule has 0 spiro atoms. The first-order chi connectivity index (χ1) is 8.08. The van der Waals surface area contributed by atoms with E-state index in [9.17, 15) is 9.90 Å². The molecular formula is C12H14ClNO3. The van der Waals surface area contributed by atoms with Crippen LogP contribution in [0.25, 0.3) is 0 Å². The van der Waals surface area contributed by atoms with Crippen LogP contribution in [0.3, 0.4) is 0 Å². The molecule has 0 bridgehead atoms. The van der Waals surface area contributed by atoms with E-state index >= 15 is 0 Å². The smallest absolute Gasteiger partial charge is 0.321 e. The van der Waals surface area contributed by atoms with Crippen LogP contribution in [0.5, 0.6) is 0 Å². The van der Waals surface area contributed by atoms with Gasteiger partial charge in [-0.15, -0.1) is 0 Å². The van der Waals surface area contributed by atoms with E-state index in [2.05, 4.69) is 0 Å². The quantitative estimate of drug-likeness (QED) is 0.856. The number of carboxylic acid groups (broad SMARTS) is 1. The molecule has 2 atom stereocenters. The minimum absolute atomic E-state index is 0.278. The predicted octanol–water partition coefficient (Wildman–Crippen LogP) is 1.36. The highest BCUT2D eigenvalue weighted by molar-refractivity contribution is 6.31. The minimum atomic E-state index is -0.895. The van der Waals surface area contributed by atoms with Crippen LogP contribution in [-0.2, 0) is 11.3 Å². The number of carbonyl (C=O) groups is 1. The molecule has 0 unspecified atom stereocenters. The Hall–Kier alpha value is -1.10. The second-order valence-electron chi connectivity index (χ2n) is 4.26. The lowest BCUT2D eigenvalue weighted by Gasteiger charge is -2.21. The average molecular weight is 256 g/mol. The number of likely N-dealkylation sites (tertiary alicyclic amines) is 1. The summed E-state index contributed by atoms with van der Waals surface area (Å²) < 4.78 is 0. The van der Waals surface area contributed by atoms with Crippen molar-refractivity contribution in [2.75, 3.05) is 6.54 Å². The third-order valence-corrected chi connectivity index (χ3v) is 3.37. The SMILES string of the molecule is O=C(O)[C@@H]1C[C@@H](O)CN1Cc1ccccc1Cl. The Morgan fingerprint density at radius 3 is 2.82 bits per heavy atom. The molecule has 1 aliphatic heterocycles. The van der Waals surface area contributed by atoms with Gasteiger partial charge >= 0.3 is 5.97 Å². The van der Waals surface area contributed by atoms with Gasteiger partial charge in [0.2, 0.25) is 0 Å². The Bertz CT molecular complexity index is 424. The number of hydrogen-bond acceptors (Lipinski definition) is 3. The van der Waals surface area contributed by atoms with Crippen molar-refractivity contribution in [2.45, 2.75) is 25.1 Å². The summed E-state index contributed by atoms with van der Waals surface area (Å²) in [5.74, 6) is -0.895. The Balaban J connectivity index is 2.13. The van der Waals surface area contributed by atoms with Crippen LogP contribution >= 0.6 is 11.6 Å². The Morgan fingerprint density at radius 1 is 1.47 bits per heavy atom. The fourth-order valence-corrected chi connectivity index (χ4v) is 2.35. The standard InChI is InChI=1S/C12H14ClNO3/c13-10-4-2-1-3-8(10)6-14-7-9(15)5-11(14)12(16)17/h1-4,9,11,15H,5-7H2,(H,16,17)/t9-,11+/m1/s1. The molecule has 1 heterocycles. The fraction of sp³-hybridized carbons (Fsp3) is 0.417. The van der Waals surface area contributed by atoms with Gasteiger partial charge < -0.3 is 10.2 Å². The normalized spacial score (nSPS) is 25.1. The molecule has 1 fully saturated rings. The van der Waals surface area contributed by atoms with Crippen molar-refractivity contribution in [3.8, 4) is 0 Å². The summed E-state index contributed by atoms with van der Waals surface area (Å²) in [6.07, 6.45) is -0.293. The number of aliphatic hydroxyl groups excluding tert-OH is 1. The molecule has 1 aromatic rings. The van der Waals surface area contributed by atoms with E-state index in [1.54, 1.807) is 11.0 Å². The highest BCUT2D eigenvalue weighted by Crippen LogP contribution is 2.24. The van der Waals surface area contributed by atoms with Gasteiger partial charge in [-0.05, 0) is 11.6 Å². The van der Waals surface area contributed by atoms with Crippen molar-refractivity contribution in [1.82, 2.24) is 4.90 Å². The molecule has 2 N–H and O–H groups in total. The van der Waals surface area contributed by atoms with Gasteiger partial charge in [-0.3, -0.25) is 9.69 Å². The molecule has 5 heteroatoms. The summed E-state index contributed by atoms with van der Waals surface area (Å²) in [5, 5.41) is 19.2. The van der Waals surface area contributed by atoms with E-state index in [1.807, 2.05) is 18.2 Å². The summed E-state index contributed by atoms with van der Waals surface area (Å²) in [5.41, 5.74) is 0.884. The number of aliphatic hydroxyl groups is 1. The first-order valence-corrected chi connectivity index (χ1v) is 5.84. The second kappa shape index (κ2) is 5.04. The maximum absolute atomic E-state index is 11.0. The van der Waals surface area contributed by atoms with Crippen LogP contribution in [0.4, 0.5) is 0 Å². The molecule has 0 aromatic heterocycles. The van der Waals surface area contributed by atoms with Gasteiger partial charge in [-0.25, -0.2) is 0 Å². The molecule has 1 aliphatic rings. The third-order valence-electron chi connectivity index (χ3n) is 3.00. The van der Waals surface area contributed by atoms with Crippen molar-refractivity contribution < 1.29 is 15.0 Å². The van der Waals surface area contributed by atoms with Crippen molar-refractivity contribution in [3.05, 3.63) is 34.9 Å². The zero-order chi connectivity index (χ0) is 12.4. The van der Waals surface area contributed by atoms with Gasteiger partial charge in [-0.2, -0.15) is 0 Å². The number of benzene rings is 1. The molecule has 2 rings (SSSR count). The van der Waals surface area contributed by atoms with Gasteiger partial charge in [-0.1, -0.05) is 29.8 Å². The van der Waals surface area contributed by atoms with Crippen LogP contribution in [-0.4, -0.2) is 39.8 Å². The largest absolute Gasteiger partial charge is 0.480 e. The third kappa shape index (κ3) is 2.77. The Kier molecular flexibility index (Phi) is 3.66. The Labute approximate surface area is 104 Å². The lowest BCUT2D eigenvalue weighted by Crippen LogP contribution is -2.35. The van der Waals surface area contributed by atoms with Crippen molar-refractivity contribution in [1.29, 1.82) is 0 Å². The van der Waals surface area contributed by atoms with Gasteiger partial charge in [0.05, 0.1) is 6.10 Å². The van der Waals surface area contributed by atoms with Crippen LogP contribution in [0.1, 0.15) is 12.0 Å². The lowest BCUT2D eigenvalue weighted by molar-refractivity contribution is -0.142. The number of β-amino-alcohol motifs (C(OH)–C–C–N with tert-alkyl or cyclic N) is 1. The van der Waals surface area contributed by atoms with Crippen molar-refractivity contribution in [3.63, 3.8) is 0 Å². The Morgan fingerprint density at radius 2 is 2.18 bits per heavy atom. The minimum Gasteiger partial charge on any atom is -0.480 e. The van der Waals surface area contributed by atoms with Gasteiger partial charge in [0.25, 0.3) is 0 Å². The monoisotopic (exact) mass is 255 g/mol. The molecule has 1 saturated heterocycles. The topological polar surface area (TPSA) is 60.8 Å². The number of aliphatic carboxylic acids is 1. The fourth-order valence-electron chi connectivity index (χ4n) is 2.16. The van der Waals surface area contributed by atoms with E-state index in [0.717, 1.165) is 5.56 Å². The van der Waals surface area contributed by atoms with E-state index in [1.165, 1.54) is 0 Å². The van der Waals surface area contributed by atoms with Crippen LogP contribution in [0.15, 0.2) is 24.3 Å². The van der Waals surface area contributed by atoms with Gasteiger partial charge in [0.15, 0.2) is 0 Å². The van der Waals surface area contributed by atoms with E-state index in [0.29, 0.717) is 18.1 Å². The maximum Gasteiger partial charge on any atom is 0.321 e. The molecule has 17 heavy (non-hydrogen) atoms. The first kappa shape index (κ1) is 12.4. The summed E-state index contributed by atoms with van der Waals surface area (Å²) in [6.45, 7) is 0.829. The zero-order valence-electron chi connectivity index (χ0n) is 9.21. The summed E-state index contributed by atoms with van der Waals surface area (Å²) in [6, 6.07) is 6.72. The van der Waals surface area contributed by atoms with E-state index < -0.39 is 18.1 Å². The summed E-state index contributed by atoms with van der Waals surface area (Å²) in [4.78, 5) is 12.8.